The second-order valence-corrected chi connectivity index (χ2v) is 5.28. The number of carboxylic acid groups (broad SMARTS) is 1. The molecule has 110 valence electrons. The van der Waals surface area contributed by atoms with Crippen LogP contribution in [0.5, 0.6) is 0 Å². The summed E-state index contributed by atoms with van der Waals surface area (Å²) < 4.78 is 14.0. The number of hydrogen-bond acceptors (Lipinski definition) is 2. The predicted octanol–water partition coefficient (Wildman–Crippen LogP) is 4.22. The molecule has 0 bridgehead atoms. The smallest absolute Gasteiger partial charge is 0.323 e. The summed E-state index contributed by atoms with van der Waals surface area (Å²) in [6.45, 7) is -0.159. The number of aliphatic carboxylic acids is 1. The van der Waals surface area contributed by atoms with E-state index in [-0.39, 0.29) is 18.1 Å². The first-order chi connectivity index (χ1) is 9.97. The molecule has 0 heterocycles. The van der Waals surface area contributed by atoms with Gasteiger partial charge in [0.15, 0.2) is 0 Å². The van der Waals surface area contributed by atoms with Crippen LogP contribution in [0.2, 0.25) is 10.0 Å². The third-order valence-electron chi connectivity index (χ3n) is 2.91. The molecule has 0 aliphatic heterocycles. The van der Waals surface area contributed by atoms with E-state index in [2.05, 4.69) is 0 Å². The van der Waals surface area contributed by atoms with Crippen molar-refractivity contribution in [2.75, 3.05) is 11.4 Å². The minimum absolute atomic E-state index is 0.0129. The van der Waals surface area contributed by atoms with Gasteiger partial charge in [-0.1, -0.05) is 35.3 Å². The van der Waals surface area contributed by atoms with Crippen LogP contribution >= 0.6 is 23.2 Å². The Labute approximate surface area is 131 Å². The third-order valence-corrected chi connectivity index (χ3v) is 3.45. The van der Waals surface area contributed by atoms with Crippen molar-refractivity contribution >= 4 is 34.9 Å². The lowest BCUT2D eigenvalue weighted by Crippen LogP contribution is -2.29. The highest BCUT2D eigenvalue weighted by Crippen LogP contribution is 2.23. The van der Waals surface area contributed by atoms with Gasteiger partial charge in [-0.15, -0.1) is 0 Å². The Morgan fingerprint density at radius 1 is 1.14 bits per heavy atom. The topological polar surface area (TPSA) is 40.5 Å². The number of halogens is 3. The SMILES string of the molecule is O=C(O)CN(Cc1cccc(Cl)c1F)c1ccc(Cl)cc1. The highest BCUT2D eigenvalue weighted by atomic mass is 35.5. The minimum atomic E-state index is -1.01. The van der Waals surface area contributed by atoms with Gasteiger partial charge < -0.3 is 10.0 Å². The fraction of sp³-hybridized carbons (Fsp3) is 0.133. The molecule has 2 aromatic rings. The second-order valence-electron chi connectivity index (χ2n) is 4.44. The molecule has 0 amide bonds. The van der Waals surface area contributed by atoms with Gasteiger partial charge in [-0.2, -0.15) is 0 Å². The molecule has 2 aromatic carbocycles. The van der Waals surface area contributed by atoms with Crippen molar-refractivity contribution in [2.45, 2.75) is 6.54 Å². The summed E-state index contributed by atoms with van der Waals surface area (Å²) in [4.78, 5) is 12.5. The normalized spacial score (nSPS) is 10.4. The molecule has 0 radical (unpaired) electrons. The molecule has 0 saturated carbocycles. The standard InChI is InChI=1S/C15H12Cl2FNO2/c16-11-4-6-12(7-5-11)19(9-14(20)21)8-10-2-1-3-13(17)15(10)18/h1-7H,8-9H2,(H,20,21). The van der Waals surface area contributed by atoms with E-state index < -0.39 is 11.8 Å². The molecule has 0 fully saturated rings. The van der Waals surface area contributed by atoms with E-state index in [0.29, 0.717) is 16.3 Å². The Morgan fingerprint density at radius 2 is 1.81 bits per heavy atom. The summed E-state index contributed by atoms with van der Waals surface area (Å²) in [6, 6.07) is 11.3. The van der Waals surface area contributed by atoms with Crippen LogP contribution in [0.1, 0.15) is 5.56 Å². The fourth-order valence-electron chi connectivity index (χ4n) is 1.93. The number of rotatable bonds is 5. The zero-order valence-corrected chi connectivity index (χ0v) is 12.4. The summed E-state index contributed by atoms with van der Waals surface area (Å²) in [5.41, 5.74) is 0.972. The molecule has 21 heavy (non-hydrogen) atoms. The van der Waals surface area contributed by atoms with Crippen LogP contribution in [0.4, 0.5) is 10.1 Å². The van der Waals surface area contributed by atoms with Gasteiger partial charge in [0.1, 0.15) is 12.4 Å². The predicted molar refractivity (Wildman–Crippen MR) is 81.5 cm³/mol. The number of anilines is 1. The zero-order valence-electron chi connectivity index (χ0n) is 10.9. The van der Waals surface area contributed by atoms with Gasteiger partial charge in [-0.3, -0.25) is 4.79 Å². The molecule has 6 heteroatoms. The summed E-state index contributed by atoms with van der Waals surface area (Å²) in [5.74, 6) is -1.55. The first kappa shape index (κ1) is 15.6. The highest BCUT2D eigenvalue weighted by Gasteiger charge is 2.15. The van der Waals surface area contributed by atoms with E-state index in [1.54, 1.807) is 36.4 Å². The fourth-order valence-corrected chi connectivity index (χ4v) is 2.25. The Kier molecular flexibility index (Phi) is 5.04. The van der Waals surface area contributed by atoms with Crippen LogP contribution in [0.25, 0.3) is 0 Å². The van der Waals surface area contributed by atoms with Crippen molar-refractivity contribution in [2.24, 2.45) is 0 Å². The van der Waals surface area contributed by atoms with Gasteiger partial charge in [0.25, 0.3) is 0 Å². The number of carboxylic acids is 1. The summed E-state index contributed by atoms with van der Waals surface area (Å²) in [6.07, 6.45) is 0. The van der Waals surface area contributed by atoms with Crippen molar-refractivity contribution < 1.29 is 14.3 Å². The van der Waals surface area contributed by atoms with Gasteiger partial charge in [-0.25, -0.2) is 4.39 Å². The Balaban J connectivity index is 2.30. The van der Waals surface area contributed by atoms with Crippen molar-refractivity contribution in [1.29, 1.82) is 0 Å². The molecule has 0 aliphatic carbocycles. The van der Waals surface area contributed by atoms with E-state index in [9.17, 15) is 9.18 Å². The maximum absolute atomic E-state index is 14.0. The quantitative estimate of drug-likeness (QED) is 0.893. The summed E-state index contributed by atoms with van der Waals surface area (Å²) in [5, 5.41) is 9.57. The lowest BCUT2D eigenvalue weighted by molar-refractivity contribution is -0.135. The second kappa shape index (κ2) is 6.78. The van der Waals surface area contributed by atoms with Gasteiger partial charge >= 0.3 is 5.97 Å². The average molecular weight is 328 g/mol. The zero-order chi connectivity index (χ0) is 15.4. The number of nitrogens with zero attached hydrogens (tertiary/aromatic N) is 1. The van der Waals surface area contributed by atoms with E-state index in [1.807, 2.05) is 0 Å². The molecular formula is C15H12Cl2FNO2. The number of carbonyl (C=O) groups is 1. The van der Waals surface area contributed by atoms with Crippen LogP contribution in [0.15, 0.2) is 42.5 Å². The van der Waals surface area contributed by atoms with E-state index in [4.69, 9.17) is 28.3 Å². The average Bonchev–Trinajstić information content (AvgIpc) is 2.43. The van der Waals surface area contributed by atoms with Crippen LogP contribution in [0, 0.1) is 5.82 Å². The molecule has 0 atom stereocenters. The molecule has 0 unspecified atom stereocenters. The van der Waals surface area contributed by atoms with Crippen LogP contribution in [-0.2, 0) is 11.3 Å². The molecule has 0 saturated heterocycles. The van der Waals surface area contributed by atoms with E-state index in [0.717, 1.165) is 0 Å². The number of benzene rings is 2. The lowest BCUT2D eigenvalue weighted by Gasteiger charge is -2.23. The summed E-state index contributed by atoms with van der Waals surface area (Å²) >= 11 is 11.6. The summed E-state index contributed by atoms with van der Waals surface area (Å²) in [7, 11) is 0. The van der Waals surface area contributed by atoms with Crippen LogP contribution < -0.4 is 4.90 Å². The van der Waals surface area contributed by atoms with Gasteiger partial charge in [0.2, 0.25) is 0 Å². The van der Waals surface area contributed by atoms with Gasteiger partial charge in [0, 0.05) is 22.8 Å². The van der Waals surface area contributed by atoms with E-state index in [1.165, 1.54) is 11.0 Å². The van der Waals surface area contributed by atoms with Crippen molar-refractivity contribution in [1.82, 2.24) is 0 Å². The van der Waals surface area contributed by atoms with Crippen LogP contribution in [0.3, 0.4) is 0 Å². The van der Waals surface area contributed by atoms with Crippen molar-refractivity contribution in [3.8, 4) is 0 Å². The number of hydrogen-bond donors (Lipinski definition) is 1. The Hall–Kier alpha value is -1.78. The molecule has 0 spiro atoms. The monoisotopic (exact) mass is 327 g/mol. The first-order valence-corrected chi connectivity index (χ1v) is 6.88. The van der Waals surface area contributed by atoms with Crippen molar-refractivity contribution in [3.05, 3.63) is 63.9 Å². The molecular weight excluding hydrogens is 316 g/mol. The highest BCUT2D eigenvalue weighted by molar-refractivity contribution is 6.31. The molecule has 1 N–H and O–H groups in total. The molecule has 2 rings (SSSR count). The Bertz CT molecular complexity index is 647. The maximum Gasteiger partial charge on any atom is 0.323 e. The van der Waals surface area contributed by atoms with Gasteiger partial charge in [0.05, 0.1) is 5.02 Å². The molecule has 0 aromatic heterocycles. The third kappa shape index (κ3) is 4.09. The minimum Gasteiger partial charge on any atom is -0.480 e. The van der Waals surface area contributed by atoms with Crippen LogP contribution in [-0.4, -0.2) is 17.6 Å². The first-order valence-electron chi connectivity index (χ1n) is 6.12. The molecule has 0 aliphatic rings. The van der Waals surface area contributed by atoms with Gasteiger partial charge in [-0.05, 0) is 30.3 Å². The molecule has 3 nitrogen and oxygen atoms in total. The van der Waals surface area contributed by atoms with Crippen molar-refractivity contribution in [3.63, 3.8) is 0 Å². The maximum atomic E-state index is 14.0. The van der Waals surface area contributed by atoms with E-state index >= 15 is 0 Å². The largest absolute Gasteiger partial charge is 0.480 e. The lowest BCUT2D eigenvalue weighted by atomic mass is 10.2. The Morgan fingerprint density at radius 3 is 2.43 bits per heavy atom.